The number of likely N-dealkylation sites (N-methyl/N-ethyl adjacent to an activating group) is 1. The van der Waals surface area contributed by atoms with Gasteiger partial charge >= 0.3 is 12.2 Å². The molecule has 0 aliphatic carbocycles. The minimum Gasteiger partial charge on any atom is -0.569 e. The number of carbonyl (C=O) groups is 2. The number of benzene rings is 2. The fourth-order valence-corrected chi connectivity index (χ4v) is 4.52. The van der Waals surface area contributed by atoms with Gasteiger partial charge in [-0.15, -0.1) is 5.01 Å². The van der Waals surface area contributed by atoms with E-state index in [9.17, 15) is 23.2 Å². The van der Waals surface area contributed by atoms with Gasteiger partial charge < -0.3 is 24.3 Å². The lowest BCUT2D eigenvalue weighted by Crippen LogP contribution is -2.36. The van der Waals surface area contributed by atoms with Crippen molar-refractivity contribution in [3.8, 4) is 16.9 Å². The van der Waals surface area contributed by atoms with Crippen LogP contribution in [0.1, 0.15) is 32.0 Å². The first kappa shape index (κ1) is 32.7. The summed E-state index contributed by atoms with van der Waals surface area (Å²) in [7, 11) is -4.25. The standard InChI is InChI=1S/C27H34N6O9S/c1-6-31(33(36)30-41-18-40-27(35)42-19(2)3)15-16-39-26(34)29-43(37,38)24-13-11-23(12-14-24)32-25(17-21(5)28-32)22-9-7-20(4)8-10-22/h7-14,17,19H,6,15-16,18H2,1-5H3,(H,29,34)/b33-30-. The van der Waals surface area contributed by atoms with E-state index in [0.29, 0.717) is 5.69 Å². The third-order valence-electron chi connectivity index (χ3n) is 5.67. The van der Waals surface area contributed by atoms with Gasteiger partial charge in [-0.3, -0.25) is 0 Å². The average Bonchev–Trinajstić information content (AvgIpc) is 3.34. The Morgan fingerprint density at radius 3 is 2.40 bits per heavy atom. The van der Waals surface area contributed by atoms with Gasteiger partial charge in [-0.2, -0.15) is 5.10 Å². The van der Waals surface area contributed by atoms with E-state index >= 15 is 0 Å². The number of nitrogens with zero attached hydrogens (tertiary/aromatic N) is 5. The highest BCUT2D eigenvalue weighted by Crippen LogP contribution is 2.25. The van der Waals surface area contributed by atoms with E-state index in [2.05, 4.69) is 20.0 Å². The van der Waals surface area contributed by atoms with Crippen LogP contribution in [0.3, 0.4) is 0 Å². The first-order chi connectivity index (χ1) is 20.4. The topological polar surface area (TPSA) is 177 Å². The Labute approximate surface area is 249 Å². The Kier molecular flexibility index (Phi) is 11.3. The summed E-state index contributed by atoms with van der Waals surface area (Å²) in [6.07, 6.45) is -2.60. The highest BCUT2D eigenvalue weighted by molar-refractivity contribution is 7.90. The molecule has 3 rings (SSSR count). The zero-order valence-corrected chi connectivity index (χ0v) is 25.2. The van der Waals surface area contributed by atoms with Crippen LogP contribution >= 0.6 is 0 Å². The van der Waals surface area contributed by atoms with Crippen molar-refractivity contribution >= 4 is 22.3 Å². The van der Waals surface area contributed by atoms with E-state index < -0.39 is 29.1 Å². The van der Waals surface area contributed by atoms with E-state index in [1.165, 1.54) is 12.1 Å². The van der Waals surface area contributed by atoms with Crippen molar-refractivity contribution in [1.29, 1.82) is 0 Å². The number of rotatable bonds is 13. The third kappa shape index (κ3) is 9.59. The minimum absolute atomic E-state index is 0.0715. The Bertz CT molecular complexity index is 1520. The molecule has 2 aromatic carbocycles. The predicted octanol–water partition coefficient (Wildman–Crippen LogP) is 4.22. The molecule has 0 unspecified atom stereocenters. The van der Waals surface area contributed by atoms with Gasteiger partial charge in [0.05, 0.1) is 39.6 Å². The molecule has 0 atom stereocenters. The van der Waals surface area contributed by atoms with Crippen LogP contribution in [-0.2, 0) is 29.1 Å². The molecule has 0 saturated carbocycles. The summed E-state index contributed by atoms with van der Waals surface area (Å²) < 4.78 is 43.3. The van der Waals surface area contributed by atoms with Gasteiger partial charge in [0.15, 0.2) is 0 Å². The van der Waals surface area contributed by atoms with Crippen molar-refractivity contribution in [3.05, 3.63) is 71.1 Å². The normalized spacial score (nSPS) is 11.6. The maximum atomic E-state index is 12.8. The van der Waals surface area contributed by atoms with E-state index in [1.807, 2.05) is 48.9 Å². The van der Waals surface area contributed by atoms with Crippen molar-refractivity contribution in [2.45, 2.75) is 45.6 Å². The fraction of sp³-hybridized carbons (Fsp3) is 0.370. The molecule has 0 saturated heterocycles. The first-order valence-electron chi connectivity index (χ1n) is 13.2. The van der Waals surface area contributed by atoms with Crippen LogP contribution in [0.2, 0.25) is 0 Å². The SMILES string of the molecule is CCN(CCOC(=O)NS(=O)(=O)c1ccc(-n2nc(C)cc2-c2ccc(C)cc2)cc1)/[N+]([O-])=N/OCOC(=O)OC(C)C. The second-order valence-corrected chi connectivity index (χ2v) is 11.1. The van der Waals surface area contributed by atoms with Crippen LogP contribution < -0.4 is 4.72 Å². The molecule has 0 radical (unpaired) electrons. The van der Waals surface area contributed by atoms with Crippen molar-refractivity contribution < 1.29 is 42.0 Å². The number of sulfonamides is 1. The molecule has 43 heavy (non-hydrogen) atoms. The molecule has 232 valence electrons. The molecule has 1 N–H and O–H groups in total. The van der Waals surface area contributed by atoms with E-state index in [4.69, 9.17) is 9.47 Å². The number of hydrogen-bond donors (Lipinski definition) is 1. The van der Waals surface area contributed by atoms with E-state index in [-0.39, 0.29) is 35.7 Å². The van der Waals surface area contributed by atoms with Crippen LogP contribution in [0.15, 0.2) is 64.8 Å². The van der Waals surface area contributed by atoms with Gasteiger partial charge in [0.25, 0.3) is 16.8 Å². The predicted molar refractivity (Wildman–Crippen MR) is 152 cm³/mol. The fourth-order valence-electron chi connectivity index (χ4n) is 3.62. The molecule has 1 heterocycles. The zero-order valence-electron chi connectivity index (χ0n) is 24.4. The van der Waals surface area contributed by atoms with Gasteiger partial charge in [-0.1, -0.05) is 29.8 Å². The van der Waals surface area contributed by atoms with Gasteiger partial charge in [-0.25, -0.2) is 27.4 Å². The summed E-state index contributed by atoms with van der Waals surface area (Å²) in [5.74, 6) is 0. The zero-order chi connectivity index (χ0) is 31.6. The third-order valence-corrected chi connectivity index (χ3v) is 6.99. The van der Waals surface area contributed by atoms with Crippen molar-refractivity contribution in [3.63, 3.8) is 0 Å². The number of aryl methyl sites for hydroxylation is 2. The Balaban J connectivity index is 1.53. The summed E-state index contributed by atoms with van der Waals surface area (Å²) >= 11 is 0. The van der Waals surface area contributed by atoms with E-state index in [1.54, 1.807) is 37.6 Å². The number of hydrazine groups is 1. The van der Waals surface area contributed by atoms with Gasteiger partial charge in [-0.05, 0) is 65.0 Å². The lowest BCUT2D eigenvalue weighted by molar-refractivity contribution is -0.711. The number of ether oxygens (including phenoxy) is 3. The number of aromatic nitrogens is 2. The second-order valence-electron chi connectivity index (χ2n) is 9.37. The molecule has 0 bridgehead atoms. The van der Waals surface area contributed by atoms with Gasteiger partial charge in [0.1, 0.15) is 13.2 Å². The maximum Gasteiger partial charge on any atom is 0.511 e. The molecule has 16 heteroatoms. The monoisotopic (exact) mass is 618 g/mol. The Hall–Kier alpha value is -4.86. The minimum atomic E-state index is -4.25. The summed E-state index contributed by atoms with van der Waals surface area (Å²) in [5.41, 5.74) is 4.33. The average molecular weight is 619 g/mol. The van der Waals surface area contributed by atoms with Crippen molar-refractivity contribution in [1.82, 2.24) is 19.5 Å². The molecule has 0 fully saturated rings. The maximum absolute atomic E-state index is 12.8. The quantitative estimate of drug-likeness (QED) is 0.0724. The van der Waals surface area contributed by atoms with Gasteiger partial charge in [0, 0.05) is 5.56 Å². The van der Waals surface area contributed by atoms with E-state index in [0.717, 1.165) is 27.5 Å². The van der Waals surface area contributed by atoms with Crippen LogP contribution in [0.25, 0.3) is 16.9 Å². The highest BCUT2D eigenvalue weighted by Gasteiger charge is 2.20. The van der Waals surface area contributed by atoms with Gasteiger partial charge in [0.2, 0.25) is 5.28 Å². The molecule has 1 amide bonds. The summed E-state index contributed by atoms with van der Waals surface area (Å²) in [4.78, 5) is 28.0. The van der Waals surface area contributed by atoms with Crippen LogP contribution in [-0.4, -0.2) is 73.0 Å². The van der Waals surface area contributed by atoms with Crippen LogP contribution in [0, 0.1) is 19.1 Å². The number of nitrogens with one attached hydrogen (secondary N) is 1. The Morgan fingerprint density at radius 1 is 1.09 bits per heavy atom. The number of hydrogen-bond acceptors (Lipinski definition) is 11. The molecular formula is C27H34N6O9S. The lowest BCUT2D eigenvalue weighted by Gasteiger charge is -2.16. The highest BCUT2D eigenvalue weighted by atomic mass is 32.2. The number of amides is 1. The molecule has 3 aromatic rings. The summed E-state index contributed by atoms with van der Waals surface area (Å²) in [6, 6.07) is 15.7. The van der Waals surface area contributed by atoms with Crippen molar-refractivity contribution in [2.24, 2.45) is 5.28 Å². The largest absolute Gasteiger partial charge is 0.569 e. The molecule has 0 spiro atoms. The summed E-state index contributed by atoms with van der Waals surface area (Å²) in [6.45, 7) is 7.74. The molecule has 0 aliphatic heterocycles. The molecule has 1 aromatic heterocycles. The van der Waals surface area contributed by atoms with Crippen LogP contribution in [0.4, 0.5) is 9.59 Å². The Morgan fingerprint density at radius 2 is 1.77 bits per heavy atom. The summed E-state index contributed by atoms with van der Waals surface area (Å²) in [5, 5.41) is 20.9. The lowest BCUT2D eigenvalue weighted by atomic mass is 10.1. The number of carbonyl (C=O) groups excluding carboxylic acids is 2. The smallest absolute Gasteiger partial charge is 0.511 e. The van der Waals surface area contributed by atoms with Crippen molar-refractivity contribution in [2.75, 3.05) is 26.5 Å². The molecular weight excluding hydrogens is 584 g/mol. The molecule has 0 aliphatic rings. The first-order valence-corrected chi connectivity index (χ1v) is 14.7. The molecule has 15 nitrogen and oxygen atoms in total. The second kappa shape index (κ2) is 14.9. The van der Waals surface area contributed by atoms with Crippen LogP contribution in [0.5, 0.6) is 0 Å².